The normalized spacial score (nSPS) is 21.3. The second-order valence-corrected chi connectivity index (χ2v) is 7.17. The van der Waals surface area contributed by atoms with Crippen LogP contribution in [0.2, 0.25) is 5.15 Å². The molecule has 1 aromatic heterocycles. The first-order valence-electron chi connectivity index (χ1n) is 7.55. The molecule has 22 heavy (non-hydrogen) atoms. The largest absolute Gasteiger partial charge is 0.244 e. The van der Waals surface area contributed by atoms with E-state index in [-0.39, 0.29) is 17.5 Å². The maximum atomic E-state index is 5.83. The second kappa shape index (κ2) is 5.81. The first-order chi connectivity index (χ1) is 10.4. The number of halogens is 1. The van der Waals surface area contributed by atoms with Crippen molar-refractivity contribution in [3.63, 3.8) is 0 Å². The Morgan fingerprint density at radius 1 is 0.909 bits per heavy atom. The predicted molar refractivity (Wildman–Crippen MR) is 89.3 cm³/mol. The van der Waals surface area contributed by atoms with E-state index in [4.69, 9.17) is 11.6 Å². The van der Waals surface area contributed by atoms with E-state index in [0.717, 1.165) is 12.0 Å². The molecular formula is C18H20ClN3. The van der Waals surface area contributed by atoms with Crippen LogP contribution >= 0.6 is 11.6 Å². The van der Waals surface area contributed by atoms with Crippen LogP contribution < -0.4 is 0 Å². The van der Waals surface area contributed by atoms with E-state index in [2.05, 4.69) is 60.2 Å². The Labute approximate surface area is 136 Å². The van der Waals surface area contributed by atoms with Crippen molar-refractivity contribution < 1.29 is 0 Å². The maximum Gasteiger partial charge on any atom is 0.129 e. The summed E-state index contributed by atoms with van der Waals surface area (Å²) in [5.74, 6) is 0. The van der Waals surface area contributed by atoms with Crippen LogP contribution in [0, 0.1) is 0 Å². The monoisotopic (exact) mass is 313 g/mol. The lowest BCUT2D eigenvalue weighted by atomic mass is 9.86. The number of benzene rings is 1. The number of hydrogen-bond acceptors (Lipinski definition) is 3. The van der Waals surface area contributed by atoms with Crippen LogP contribution in [0.15, 0.2) is 52.8 Å². The number of nitrogens with zero attached hydrogens (tertiary/aromatic N) is 3. The third kappa shape index (κ3) is 3.20. The molecule has 2 unspecified atom stereocenters. The van der Waals surface area contributed by atoms with Gasteiger partial charge in [0.15, 0.2) is 0 Å². The van der Waals surface area contributed by atoms with Crippen molar-refractivity contribution in [3.05, 3.63) is 64.4 Å². The van der Waals surface area contributed by atoms with Crippen molar-refractivity contribution in [1.29, 1.82) is 0 Å². The highest BCUT2D eigenvalue weighted by atomic mass is 35.5. The van der Waals surface area contributed by atoms with Crippen LogP contribution in [0.4, 0.5) is 0 Å². The van der Waals surface area contributed by atoms with Gasteiger partial charge in [0, 0.05) is 12.6 Å². The van der Waals surface area contributed by atoms with Crippen LogP contribution in [0.3, 0.4) is 0 Å². The number of aromatic nitrogens is 1. The number of hydrogen-bond donors (Lipinski definition) is 0. The standard InChI is InChI=1S/C18H20ClN3/c1-18(2,3)14-7-4-12(5-8-14)15-10-16(22-21-15)13-6-9-17(19)20-11-13/h4-9,11,15-16H,10H2,1-3H3. The summed E-state index contributed by atoms with van der Waals surface area (Å²) in [6.07, 6.45) is 2.68. The molecule has 0 spiro atoms. The molecule has 0 aliphatic carbocycles. The highest BCUT2D eigenvalue weighted by molar-refractivity contribution is 6.29. The summed E-state index contributed by atoms with van der Waals surface area (Å²) in [4.78, 5) is 4.12. The van der Waals surface area contributed by atoms with Crippen LogP contribution in [-0.2, 0) is 5.41 Å². The Morgan fingerprint density at radius 2 is 1.50 bits per heavy atom. The van der Waals surface area contributed by atoms with Gasteiger partial charge in [0.2, 0.25) is 0 Å². The molecule has 3 rings (SSSR count). The Bertz CT molecular complexity index is 669. The van der Waals surface area contributed by atoms with E-state index in [1.54, 1.807) is 12.3 Å². The molecule has 3 nitrogen and oxygen atoms in total. The van der Waals surface area contributed by atoms with E-state index < -0.39 is 0 Å². The molecule has 114 valence electrons. The van der Waals surface area contributed by atoms with Crippen molar-refractivity contribution in [2.45, 2.75) is 44.7 Å². The Balaban J connectivity index is 1.73. The maximum absolute atomic E-state index is 5.83. The van der Waals surface area contributed by atoms with E-state index in [1.165, 1.54) is 11.1 Å². The molecule has 1 aliphatic rings. The SMILES string of the molecule is CC(C)(C)c1ccc(C2CC(c3ccc(Cl)nc3)N=N2)cc1. The van der Waals surface area contributed by atoms with E-state index >= 15 is 0 Å². The topological polar surface area (TPSA) is 37.6 Å². The minimum absolute atomic E-state index is 0.0806. The molecule has 1 aliphatic heterocycles. The van der Waals surface area contributed by atoms with Gasteiger partial charge in [-0.05, 0) is 28.2 Å². The fourth-order valence-corrected chi connectivity index (χ4v) is 2.77. The molecule has 2 heterocycles. The first kappa shape index (κ1) is 15.2. The van der Waals surface area contributed by atoms with Gasteiger partial charge in [0.25, 0.3) is 0 Å². The van der Waals surface area contributed by atoms with Gasteiger partial charge in [-0.2, -0.15) is 10.2 Å². The van der Waals surface area contributed by atoms with Gasteiger partial charge in [-0.1, -0.05) is 62.7 Å². The van der Waals surface area contributed by atoms with Gasteiger partial charge >= 0.3 is 0 Å². The summed E-state index contributed by atoms with van der Waals surface area (Å²) in [6.45, 7) is 6.67. The summed E-state index contributed by atoms with van der Waals surface area (Å²) in [5.41, 5.74) is 3.81. The third-order valence-corrected chi connectivity index (χ3v) is 4.31. The summed E-state index contributed by atoms with van der Waals surface area (Å²) >= 11 is 5.83. The number of azo groups is 1. The molecule has 0 amide bonds. The van der Waals surface area contributed by atoms with Crippen LogP contribution in [-0.4, -0.2) is 4.98 Å². The molecule has 0 radical (unpaired) electrons. The summed E-state index contributed by atoms with van der Waals surface area (Å²) in [7, 11) is 0. The zero-order valence-corrected chi connectivity index (χ0v) is 13.9. The number of rotatable bonds is 2. The molecule has 2 aromatic rings. The highest BCUT2D eigenvalue weighted by Crippen LogP contribution is 2.38. The van der Waals surface area contributed by atoms with Crippen LogP contribution in [0.25, 0.3) is 0 Å². The van der Waals surface area contributed by atoms with Crippen molar-refractivity contribution in [1.82, 2.24) is 4.98 Å². The van der Waals surface area contributed by atoms with E-state index in [9.17, 15) is 0 Å². The molecule has 1 aromatic carbocycles. The summed E-state index contributed by atoms with van der Waals surface area (Å²) in [6, 6.07) is 12.7. The van der Waals surface area contributed by atoms with Gasteiger partial charge in [-0.15, -0.1) is 0 Å². The molecule has 0 saturated carbocycles. The summed E-state index contributed by atoms with van der Waals surface area (Å²) < 4.78 is 0. The fraction of sp³-hybridized carbons (Fsp3) is 0.389. The smallest absolute Gasteiger partial charge is 0.129 e. The molecule has 2 atom stereocenters. The van der Waals surface area contributed by atoms with Gasteiger partial charge in [-0.25, -0.2) is 4.98 Å². The number of pyridine rings is 1. The van der Waals surface area contributed by atoms with E-state index in [1.807, 2.05) is 6.07 Å². The van der Waals surface area contributed by atoms with Gasteiger partial charge in [0.05, 0.1) is 12.1 Å². The third-order valence-electron chi connectivity index (χ3n) is 4.09. The van der Waals surface area contributed by atoms with Crippen molar-refractivity contribution in [3.8, 4) is 0 Å². The lowest BCUT2D eigenvalue weighted by Crippen LogP contribution is -2.10. The van der Waals surface area contributed by atoms with E-state index in [0.29, 0.717) is 5.15 Å². The zero-order chi connectivity index (χ0) is 15.7. The van der Waals surface area contributed by atoms with Crippen LogP contribution in [0.1, 0.15) is 56.0 Å². The first-order valence-corrected chi connectivity index (χ1v) is 7.93. The quantitative estimate of drug-likeness (QED) is 0.658. The predicted octanol–water partition coefficient (Wildman–Crippen LogP) is 5.67. The molecule has 0 bridgehead atoms. The van der Waals surface area contributed by atoms with Crippen molar-refractivity contribution >= 4 is 11.6 Å². The summed E-state index contributed by atoms with van der Waals surface area (Å²) in [5, 5.41) is 9.36. The highest BCUT2D eigenvalue weighted by Gasteiger charge is 2.25. The molecular weight excluding hydrogens is 294 g/mol. The lowest BCUT2D eigenvalue weighted by Gasteiger charge is -2.19. The Kier molecular flexibility index (Phi) is 4.00. The average molecular weight is 314 g/mol. The minimum Gasteiger partial charge on any atom is -0.244 e. The molecule has 4 heteroatoms. The molecule has 0 fully saturated rings. The van der Waals surface area contributed by atoms with Crippen molar-refractivity contribution in [2.24, 2.45) is 10.2 Å². The van der Waals surface area contributed by atoms with Gasteiger partial charge in [-0.3, -0.25) is 0 Å². The average Bonchev–Trinajstić information content (AvgIpc) is 2.97. The van der Waals surface area contributed by atoms with Crippen molar-refractivity contribution in [2.75, 3.05) is 0 Å². The Hall–Kier alpha value is -1.74. The minimum atomic E-state index is 0.0806. The lowest BCUT2D eigenvalue weighted by molar-refractivity contribution is 0.589. The molecule has 0 N–H and O–H groups in total. The van der Waals surface area contributed by atoms with Crippen LogP contribution in [0.5, 0.6) is 0 Å². The molecule has 0 saturated heterocycles. The Morgan fingerprint density at radius 3 is 2.05 bits per heavy atom. The second-order valence-electron chi connectivity index (χ2n) is 6.78. The fourth-order valence-electron chi connectivity index (χ4n) is 2.66. The van der Waals surface area contributed by atoms with Gasteiger partial charge in [0.1, 0.15) is 5.15 Å². The zero-order valence-electron chi connectivity index (χ0n) is 13.1. The van der Waals surface area contributed by atoms with Gasteiger partial charge < -0.3 is 0 Å².